The lowest BCUT2D eigenvalue weighted by Crippen LogP contribution is -2.16. The lowest BCUT2D eigenvalue weighted by atomic mass is 10.0. The molecule has 0 aliphatic carbocycles. The summed E-state index contributed by atoms with van der Waals surface area (Å²) in [5, 5.41) is 0. The van der Waals surface area contributed by atoms with Gasteiger partial charge in [0.05, 0.1) is 28.0 Å². The largest absolute Gasteiger partial charge is 0.327 e. The maximum absolute atomic E-state index is 5.11. The van der Waals surface area contributed by atoms with Crippen LogP contribution in [0.2, 0.25) is 0 Å². The van der Waals surface area contributed by atoms with E-state index in [0.717, 1.165) is 61.5 Å². The molecule has 0 unspecified atom stereocenters. The Kier molecular flexibility index (Phi) is 5.47. The molecule has 0 saturated heterocycles. The molecule has 4 rings (SSSR count). The van der Waals surface area contributed by atoms with E-state index in [9.17, 15) is 0 Å². The standard InChI is InChI=1S/C24H30N4/c1-4-11-18(23-25-19-12-7-9-14-21(19)27(23)16-5-2)24-26-20-13-8-10-15-22(20)28(24)17-6-3/h7-10,12-15,18H,4-6,11,16-17H2,1-3H3. The van der Waals surface area contributed by atoms with E-state index in [0.29, 0.717) is 0 Å². The summed E-state index contributed by atoms with van der Waals surface area (Å²) >= 11 is 0. The number of para-hydroxylation sites is 4. The summed E-state index contributed by atoms with van der Waals surface area (Å²) in [6.45, 7) is 8.71. The van der Waals surface area contributed by atoms with Gasteiger partial charge < -0.3 is 9.13 Å². The van der Waals surface area contributed by atoms with Gasteiger partial charge in [-0.25, -0.2) is 9.97 Å². The second-order valence-corrected chi connectivity index (χ2v) is 7.56. The summed E-state index contributed by atoms with van der Waals surface area (Å²) in [5.74, 6) is 2.54. The average molecular weight is 375 g/mol. The number of imidazole rings is 2. The highest BCUT2D eigenvalue weighted by Crippen LogP contribution is 2.33. The van der Waals surface area contributed by atoms with Crippen molar-refractivity contribution in [3.8, 4) is 0 Å². The van der Waals surface area contributed by atoms with E-state index in [1.165, 1.54) is 11.0 Å². The minimum absolute atomic E-state index is 0.211. The molecule has 146 valence electrons. The van der Waals surface area contributed by atoms with E-state index in [-0.39, 0.29) is 5.92 Å². The topological polar surface area (TPSA) is 35.6 Å². The Morgan fingerprint density at radius 3 is 1.57 bits per heavy atom. The van der Waals surface area contributed by atoms with Gasteiger partial charge in [-0.2, -0.15) is 0 Å². The number of benzene rings is 2. The van der Waals surface area contributed by atoms with E-state index in [1.807, 2.05) is 0 Å². The Morgan fingerprint density at radius 2 is 1.14 bits per heavy atom. The van der Waals surface area contributed by atoms with Crippen molar-refractivity contribution in [2.45, 2.75) is 65.5 Å². The third-order valence-corrected chi connectivity index (χ3v) is 5.46. The van der Waals surface area contributed by atoms with Gasteiger partial charge in [0, 0.05) is 13.1 Å². The smallest absolute Gasteiger partial charge is 0.120 e. The van der Waals surface area contributed by atoms with Crippen molar-refractivity contribution in [3.63, 3.8) is 0 Å². The van der Waals surface area contributed by atoms with Crippen molar-refractivity contribution >= 4 is 22.1 Å². The zero-order valence-corrected chi connectivity index (χ0v) is 17.2. The average Bonchev–Trinajstić information content (AvgIpc) is 3.26. The zero-order chi connectivity index (χ0) is 19.5. The molecule has 2 heterocycles. The van der Waals surface area contributed by atoms with Crippen molar-refractivity contribution in [2.24, 2.45) is 0 Å². The number of aromatic nitrogens is 4. The molecular formula is C24H30N4. The Morgan fingerprint density at radius 1 is 0.679 bits per heavy atom. The van der Waals surface area contributed by atoms with Gasteiger partial charge in [-0.15, -0.1) is 0 Å². The Labute approximate surface area is 167 Å². The van der Waals surface area contributed by atoms with Crippen LogP contribution in [0.5, 0.6) is 0 Å². The van der Waals surface area contributed by atoms with E-state index in [1.54, 1.807) is 0 Å². The minimum Gasteiger partial charge on any atom is -0.327 e. The maximum atomic E-state index is 5.11. The fraction of sp³-hybridized carbons (Fsp3) is 0.417. The Balaban J connectivity index is 1.94. The molecular weight excluding hydrogens is 344 g/mol. The summed E-state index contributed by atoms with van der Waals surface area (Å²) in [4.78, 5) is 10.2. The van der Waals surface area contributed by atoms with Crippen LogP contribution in [-0.2, 0) is 13.1 Å². The molecule has 0 N–H and O–H groups in total. The number of aryl methyl sites for hydroxylation is 2. The van der Waals surface area contributed by atoms with Crippen molar-refractivity contribution in [1.82, 2.24) is 19.1 Å². The van der Waals surface area contributed by atoms with Crippen LogP contribution in [0.25, 0.3) is 22.1 Å². The first-order valence-electron chi connectivity index (χ1n) is 10.7. The van der Waals surface area contributed by atoms with Gasteiger partial charge in [0.25, 0.3) is 0 Å². The van der Waals surface area contributed by atoms with Crippen molar-refractivity contribution in [1.29, 1.82) is 0 Å². The van der Waals surface area contributed by atoms with Gasteiger partial charge in [0.2, 0.25) is 0 Å². The van der Waals surface area contributed by atoms with Crippen molar-refractivity contribution < 1.29 is 0 Å². The highest BCUT2D eigenvalue weighted by Gasteiger charge is 2.26. The number of hydrogen-bond acceptors (Lipinski definition) is 2. The van der Waals surface area contributed by atoms with Gasteiger partial charge in [-0.3, -0.25) is 0 Å². The Hall–Kier alpha value is -2.62. The summed E-state index contributed by atoms with van der Waals surface area (Å²) in [6.07, 6.45) is 4.35. The quantitative estimate of drug-likeness (QED) is 0.371. The molecule has 0 aliphatic rings. The number of rotatable bonds is 8. The summed E-state index contributed by atoms with van der Waals surface area (Å²) < 4.78 is 4.84. The van der Waals surface area contributed by atoms with Crippen LogP contribution in [0, 0.1) is 0 Å². The summed E-state index contributed by atoms with van der Waals surface area (Å²) in [7, 11) is 0. The molecule has 0 amide bonds. The molecule has 0 saturated carbocycles. The first-order valence-corrected chi connectivity index (χ1v) is 10.7. The summed E-state index contributed by atoms with van der Waals surface area (Å²) in [5.41, 5.74) is 4.65. The SMILES string of the molecule is CCCC(c1nc2ccccc2n1CCC)c1nc2ccccc2n1CCC. The third kappa shape index (κ3) is 3.21. The lowest BCUT2D eigenvalue weighted by Gasteiger charge is -2.19. The van der Waals surface area contributed by atoms with Gasteiger partial charge in [0.1, 0.15) is 11.6 Å². The number of fused-ring (bicyclic) bond motifs is 2. The molecule has 0 aliphatic heterocycles. The monoisotopic (exact) mass is 374 g/mol. The fourth-order valence-electron chi connectivity index (χ4n) is 4.30. The van der Waals surface area contributed by atoms with Gasteiger partial charge in [-0.05, 0) is 43.5 Å². The number of hydrogen-bond donors (Lipinski definition) is 0. The second kappa shape index (κ2) is 8.17. The predicted molar refractivity (Wildman–Crippen MR) is 117 cm³/mol. The number of nitrogens with zero attached hydrogens (tertiary/aromatic N) is 4. The van der Waals surface area contributed by atoms with Crippen molar-refractivity contribution in [3.05, 3.63) is 60.2 Å². The molecule has 4 aromatic rings. The van der Waals surface area contributed by atoms with Crippen LogP contribution in [-0.4, -0.2) is 19.1 Å². The molecule has 4 heteroatoms. The van der Waals surface area contributed by atoms with E-state index < -0.39 is 0 Å². The van der Waals surface area contributed by atoms with E-state index in [4.69, 9.17) is 9.97 Å². The van der Waals surface area contributed by atoms with Crippen LogP contribution >= 0.6 is 0 Å². The molecule has 0 bridgehead atoms. The minimum atomic E-state index is 0.211. The van der Waals surface area contributed by atoms with Crippen LogP contribution in [0.4, 0.5) is 0 Å². The fourth-order valence-corrected chi connectivity index (χ4v) is 4.30. The van der Waals surface area contributed by atoms with Crippen LogP contribution in [0.1, 0.15) is 64.0 Å². The molecule has 0 spiro atoms. The highest BCUT2D eigenvalue weighted by atomic mass is 15.1. The molecule has 0 fully saturated rings. The third-order valence-electron chi connectivity index (χ3n) is 5.46. The van der Waals surface area contributed by atoms with Crippen LogP contribution < -0.4 is 0 Å². The zero-order valence-electron chi connectivity index (χ0n) is 17.2. The second-order valence-electron chi connectivity index (χ2n) is 7.56. The highest BCUT2D eigenvalue weighted by molar-refractivity contribution is 5.77. The molecule has 4 nitrogen and oxygen atoms in total. The van der Waals surface area contributed by atoms with E-state index in [2.05, 4.69) is 78.4 Å². The van der Waals surface area contributed by atoms with E-state index >= 15 is 0 Å². The van der Waals surface area contributed by atoms with Crippen molar-refractivity contribution in [2.75, 3.05) is 0 Å². The first kappa shape index (κ1) is 18.7. The molecule has 28 heavy (non-hydrogen) atoms. The molecule has 0 radical (unpaired) electrons. The van der Waals surface area contributed by atoms with Gasteiger partial charge >= 0.3 is 0 Å². The normalized spacial score (nSPS) is 11.9. The van der Waals surface area contributed by atoms with Gasteiger partial charge in [0.15, 0.2) is 0 Å². The Bertz CT molecular complexity index is 989. The maximum Gasteiger partial charge on any atom is 0.120 e. The lowest BCUT2D eigenvalue weighted by molar-refractivity contribution is 0.539. The first-order chi connectivity index (χ1) is 13.8. The molecule has 2 aromatic carbocycles. The molecule has 2 aromatic heterocycles. The van der Waals surface area contributed by atoms with Crippen LogP contribution in [0.3, 0.4) is 0 Å². The van der Waals surface area contributed by atoms with Gasteiger partial charge in [-0.1, -0.05) is 51.5 Å². The molecule has 0 atom stereocenters. The van der Waals surface area contributed by atoms with Crippen LogP contribution in [0.15, 0.2) is 48.5 Å². The predicted octanol–water partition coefficient (Wildman–Crippen LogP) is 6.14. The summed E-state index contributed by atoms with van der Waals surface area (Å²) in [6, 6.07) is 17.0.